The minimum absolute atomic E-state index is 0.200. The summed E-state index contributed by atoms with van der Waals surface area (Å²) in [5.74, 6) is -0.994. The second-order valence-corrected chi connectivity index (χ2v) is 4.85. The van der Waals surface area contributed by atoms with Crippen molar-refractivity contribution in [1.82, 2.24) is 25.6 Å². The molecule has 1 rings (SSSR count). The number of hydrogen-bond acceptors (Lipinski definition) is 4. The second-order valence-electron chi connectivity index (χ2n) is 4.85. The Kier molecular flexibility index (Phi) is 4.85. The average molecular weight is 269 g/mol. The van der Waals surface area contributed by atoms with Crippen molar-refractivity contribution in [1.29, 1.82) is 0 Å². The molecule has 0 saturated carbocycles. The first-order valence-electron chi connectivity index (χ1n) is 5.99. The first kappa shape index (κ1) is 14.9. The molecule has 1 aromatic heterocycles. The van der Waals surface area contributed by atoms with Gasteiger partial charge in [-0.15, -0.1) is 5.10 Å². The van der Waals surface area contributed by atoms with E-state index < -0.39 is 5.97 Å². The van der Waals surface area contributed by atoms with Gasteiger partial charge in [0.25, 0.3) is 0 Å². The number of aromatic nitrogens is 3. The highest BCUT2D eigenvalue weighted by molar-refractivity contribution is 5.74. The van der Waals surface area contributed by atoms with Gasteiger partial charge in [-0.2, -0.15) is 0 Å². The molecule has 19 heavy (non-hydrogen) atoms. The van der Waals surface area contributed by atoms with E-state index >= 15 is 0 Å². The molecular formula is C11H19N5O3. The molecule has 0 radical (unpaired) electrons. The molecule has 0 fully saturated rings. The van der Waals surface area contributed by atoms with E-state index in [0.29, 0.717) is 5.69 Å². The lowest BCUT2D eigenvalue weighted by Gasteiger charge is -2.24. The lowest BCUT2D eigenvalue weighted by molar-refractivity contribution is -0.137. The standard InChI is InChI=1S/C11H19N5O3/c1-4-11(2,3)13-10(19)12-5-8-6-16(15-14-8)7-9(17)18/h6H,4-5,7H2,1-3H3,(H,17,18)(H2,12,13,19). The number of aliphatic carboxylic acids is 1. The lowest BCUT2D eigenvalue weighted by Crippen LogP contribution is -2.47. The summed E-state index contributed by atoms with van der Waals surface area (Å²) in [6.07, 6.45) is 2.30. The van der Waals surface area contributed by atoms with Gasteiger partial charge in [-0.05, 0) is 20.3 Å². The van der Waals surface area contributed by atoms with Crippen LogP contribution in [-0.4, -0.2) is 37.6 Å². The third kappa shape index (κ3) is 5.36. The molecule has 0 aliphatic rings. The van der Waals surface area contributed by atoms with E-state index in [1.54, 1.807) is 0 Å². The summed E-state index contributed by atoms with van der Waals surface area (Å²) in [4.78, 5) is 22.1. The second kappa shape index (κ2) is 6.17. The van der Waals surface area contributed by atoms with Crippen molar-refractivity contribution in [2.75, 3.05) is 0 Å². The molecule has 0 unspecified atom stereocenters. The molecule has 8 nitrogen and oxygen atoms in total. The van der Waals surface area contributed by atoms with Gasteiger partial charge in [-0.1, -0.05) is 12.1 Å². The van der Waals surface area contributed by atoms with Gasteiger partial charge in [0.2, 0.25) is 0 Å². The maximum absolute atomic E-state index is 11.6. The Labute approximate surface area is 111 Å². The molecule has 0 saturated heterocycles. The SMILES string of the molecule is CCC(C)(C)NC(=O)NCc1cn(CC(=O)O)nn1. The fraction of sp³-hybridized carbons (Fsp3) is 0.636. The Morgan fingerprint density at radius 1 is 1.47 bits per heavy atom. The maximum atomic E-state index is 11.6. The molecule has 0 aliphatic carbocycles. The summed E-state index contributed by atoms with van der Waals surface area (Å²) in [5.41, 5.74) is 0.232. The van der Waals surface area contributed by atoms with Crippen LogP contribution in [0.1, 0.15) is 32.9 Å². The van der Waals surface area contributed by atoms with Crippen LogP contribution in [0.2, 0.25) is 0 Å². The summed E-state index contributed by atoms with van der Waals surface area (Å²) in [6, 6.07) is -0.292. The fourth-order valence-corrected chi connectivity index (χ4v) is 1.25. The predicted octanol–water partition coefficient (Wildman–Crippen LogP) is 0.350. The normalized spacial score (nSPS) is 11.1. The van der Waals surface area contributed by atoms with Crippen LogP contribution in [-0.2, 0) is 17.9 Å². The number of carboxylic acids is 1. The monoisotopic (exact) mass is 269 g/mol. The van der Waals surface area contributed by atoms with Gasteiger partial charge in [0, 0.05) is 5.54 Å². The number of carbonyl (C=O) groups excluding carboxylic acids is 1. The topological polar surface area (TPSA) is 109 Å². The van der Waals surface area contributed by atoms with Gasteiger partial charge < -0.3 is 15.7 Å². The van der Waals surface area contributed by atoms with Gasteiger partial charge >= 0.3 is 12.0 Å². The third-order valence-corrected chi connectivity index (χ3v) is 2.65. The van der Waals surface area contributed by atoms with Crippen LogP contribution < -0.4 is 10.6 Å². The van der Waals surface area contributed by atoms with Crippen molar-refractivity contribution in [3.05, 3.63) is 11.9 Å². The number of amides is 2. The molecule has 0 aliphatic heterocycles. The summed E-state index contributed by atoms with van der Waals surface area (Å²) in [6.45, 7) is 5.79. The Bertz CT molecular complexity index is 455. The highest BCUT2D eigenvalue weighted by atomic mass is 16.4. The van der Waals surface area contributed by atoms with Crippen LogP contribution >= 0.6 is 0 Å². The van der Waals surface area contributed by atoms with Gasteiger partial charge in [0.15, 0.2) is 0 Å². The molecule has 106 valence electrons. The molecular weight excluding hydrogens is 250 g/mol. The smallest absolute Gasteiger partial charge is 0.325 e. The third-order valence-electron chi connectivity index (χ3n) is 2.65. The van der Waals surface area contributed by atoms with Gasteiger partial charge in [0.1, 0.15) is 12.2 Å². The Balaban J connectivity index is 2.42. The Hall–Kier alpha value is -2.12. The Morgan fingerprint density at radius 2 is 2.16 bits per heavy atom. The zero-order valence-corrected chi connectivity index (χ0v) is 11.3. The van der Waals surface area contributed by atoms with Crippen LogP contribution in [0.5, 0.6) is 0 Å². The summed E-state index contributed by atoms with van der Waals surface area (Å²) < 4.78 is 1.20. The molecule has 8 heteroatoms. The number of urea groups is 1. The minimum Gasteiger partial charge on any atom is -0.480 e. The number of nitrogens with one attached hydrogen (secondary N) is 2. The average Bonchev–Trinajstić information content (AvgIpc) is 2.73. The number of rotatable bonds is 6. The van der Waals surface area contributed by atoms with Gasteiger partial charge in [-0.3, -0.25) is 4.79 Å². The molecule has 0 aromatic carbocycles. The predicted molar refractivity (Wildman–Crippen MR) is 67.4 cm³/mol. The zero-order chi connectivity index (χ0) is 14.5. The first-order valence-corrected chi connectivity index (χ1v) is 5.99. The van der Waals surface area contributed by atoms with Gasteiger partial charge in [0.05, 0.1) is 12.7 Å². The number of carboxylic acid groups (broad SMARTS) is 1. The van der Waals surface area contributed by atoms with Crippen molar-refractivity contribution in [3.8, 4) is 0 Å². The highest BCUT2D eigenvalue weighted by Gasteiger charge is 2.17. The van der Waals surface area contributed by atoms with Crippen LogP contribution in [0.4, 0.5) is 4.79 Å². The molecule has 3 N–H and O–H groups in total. The molecule has 0 bridgehead atoms. The van der Waals surface area contributed by atoms with E-state index in [9.17, 15) is 9.59 Å². The van der Waals surface area contributed by atoms with Crippen molar-refractivity contribution in [2.45, 2.75) is 45.8 Å². The van der Waals surface area contributed by atoms with E-state index in [1.807, 2.05) is 20.8 Å². The summed E-state index contributed by atoms with van der Waals surface area (Å²) >= 11 is 0. The number of hydrogen-bond donors (Lipinski definition) is 3. The van der Waals surface area contributed by atoms with Crippen molar-refractivity contribution >= 4 is 12.0 Å². The van der Waals surface area contributed by atoms with Crippen LogP contribution in [0.15, 0.2) is 6.20 Å². The molecule has 2 amide bonds. The van der Waals surface area contributed by atoms with Crippen LogP contribution in [0.25, 0.3) is 0 Å². The molecule has 0 spiro atoms. The van der Waals surface area contributed by atoms with E-state index in [4.69, 9.17) is 5.11 Å². The van der Waals surface area contributed by atoms with E-state index in [2.05, 4.69) is 20.9 Å². The summed E-state index contributed by atoms with van der Waals surface area (Å²) in [7, 11) is 0. The van der Waals surface area contributed by atoms with Crippen molar-refractivity contribution in [3.63, 3.8) is 0 Å². The van der Waals surface area contributed by atoms with Gasteiger partial charge in [-0.25, -0.2) is 9.48 Å². The lowest BCUT2D eigenvalue weighted by atomic mass is 10.0. The first-order chi connectivity index (χ1) is 8.82. The molecule has 1 heterocycles. The van der Waals surface area contributed by atoms with Crippen LogP contribution in [0.3, 0.4) is 0 Å². The van der Waals surface area contributed by atoms with Crippen molar-refractivity contribution < 1.29 is 14.7 Å². The highest BCUT2D eigenvalue weighted by Crippen LogP contribution is 2.06. The van der Waals surface area contributed by atoms with E-state index in [0.717, 1.165) is 6.42 Å². The van der Waals surface area contributed by atoms with E-state index in [-0.39, 0.29) is 24.7 Å². The minimum atomic E-state index is -0.994. The maximum Gasteiger partial charge on any atom is 0.325 e. The van der Waals surface area contributed by atoms with E-state index in [1.165, 1.54) is 10.9 Å². The Morgan fingerprint density at radius 3 is 2.74 bits per heavy atom. The van der Waals surface area contributed by atoms with Crippen molar-refractivity contribution in [2.24, 2.45) is 0 Å². The fourth-order valence-electron chi connectivity index (χ4n) is 1.25. The largest absolute Gasteiger partial charge is 0.480 e. The number of carbonyl (C=O) groups is 2. The quantitative estimate of drug-likeness (QED) is 0.690. The van der Waals surface area contributed by atoms with Crippen LogP contribution in [0, 0.1) is 0 Å². The molecule has 1 aromatic rings. The summed E-state index contributed by atoms with van der Waals surface area (Å²) in [5, 5.41) is 21.4. The molecule has 0 atom stereocenters. The number of nitrogens with zero attached hydrogens (tertiary/aromatic N) is 3. The zero-order valence-electron chi connectivity index (χ0n) is 11.3.